The molecule has 5 nitrogen and oxygen atoms in total. The van der Waals surface area contributed by atoms with Crippen molar-refractivity contribution in [3.05, 3.63) is 64.4 Å². The van der Waals surface area contributed by atoms with Crippen molar-refractivity contribution >= 4 is 29.6 Å². The number of amides is 1. The van der Waals surface area contributed by atoms with Gasteiger partial charge in [0.25, 0.3) is 0 Å². The number of nitrogens with zero attached hydrogens (tertiary/aromatic N) is 1. The van der Waals surface area contributed by atoms with Gasteiger partial charge in [-0.1, -0.05) is 29.8 Å². The van der Waals surface area contributed by atoms with Crippen LogP contribution in [0.5, 0.6) is 11.5 Å². The highest BCUT2D eigenvalue weighted by atomic mass is 35.5. The monoisotopic (exact) mass is 371 g/mol. The van der Waals surface area contributed by atoms with E-state index in [9.17, 15) is 9.59 Å². The minimum Gasteiger partial charge on any atom is -0.452 e. The maximum absolute atomic E-state index is 12.5. The lowest BCUT2D eigenvalue weighted by molar-refractivity contribution is 0.101. The van der Waals surface area contributed by atoms with Gasteiger partial charge in [-0.15, -0.1) is 0 Å². The number of carbonyl (C=O) groups excluding carboxylic acids is 2. The Morgan fingerprint density at radius 1 is 1.19 bits per heavy atom. The van der Waals surface area contributed by atoms with Crippen molar-refractivity contribution in [3.63, 3.8) is 0 Å². The summed E-state index contributed by atoms with van der Waals surface area (Å²) in [6.45, 7) is 4.86. The molecular formula is C20H18ClNO4. The molecule has 0 aliphatic carbocycles. The Balaban J connectivity index is 1.82. The molecule has 0 saturated carbocycles. The zero-order valence-electron chi connectivity index (χ0n) is 14.5. The van der Waals surface area contributed by atoms with E-state index in [-0.39, 0.29) is 11.5 Å². The van der Waals surface area contributed by atoms with Crippen LogP contribution in [0, 0.1) is 0 Å². The zero-order chi connectivity index (χ0) is 18.7. The summed E-state index contributed by atoms with van der Waals surface area (Å²) < 4.78 is 11.0. The lowest BCUT2D eigenvalue weighted by Gasteiger charge is -2.17. The third-order valence-corrected chi connectivity index (χ3v) is 4.40. The van der Waals surface area contributed by atoms with Gasteiger partial charge in [0.15, 0.2) is 5.76 Å². The van der Waals surface area contributed by atoms with E-state index < -0.39 is 6.09 Å². The minimum atomic E-state index is -0.439. The highest BCUT2D eigenvalue weighted by molar-refractivity contribution is 6.32. The molecule has 6 heteroatoms. The molecule has 0 N–H and O–H groups in total. The predicted octanol–water partition coefficient (Wildman–Crippen LogP) is 4.80. The van der Waals surface area contributed by atoms with Crippen LogP contribution in [-0.4, -0.2) is 29.9 Å². The fraction of sp³-hybridized carbons (Fsp3) is 0.200. The fourth-order valence-electron chi connectivity index (χ4n) is 2.61. The topological polar surface area (TPSA) is 55.8 Å². The number of hydrogen-bond donors (Lipinski definition) is 0. The Labute approximate surface area is 156 Å². The molecule has 26 heavy (non-hydrogen) atoms. The summed E-state index contributed by atoms with van der Waals surface area (Å²) in [4.78, 5) is 26.1. The van der Waals surface area contributed by atoms with Crippen molar-refractivity contribution in [2.75, 3.05) is 13.1 Å². The average molecular weight is 372 g/mol. The normalized spacial score (nSPS) is 14.1. The van der Waals surface area contributed by atoms with Crippen molar-refractivity contribution in [1.82, 2.24) is 4.90 Å². The molecule has 1 aliphatic rings. The molecule has 0 saturated heterocycles. The molecule has 0 radical (unpaired) electrons. The van der Waals surface area contributed by atoms with E-state index in [0.717, 1.165) is 0 Å². The van der Waals surface area contributed by atoms with Gasteiger partial charge in [-0.2, -0.15) is 0 Å². The van der Waals surface area contributed by atoms with E-state index in [2.05, 4.69) is 0 Å². The number of Topliss-reactive ketones (excluding diaryl/α,β-unsaturated/α-hetero) is 1. The lowest BCUT2D eigenvalue weighted by atomic mass is 10.1. The molecule has 1 heterocycles. The number of fused-ring (bicyclic) bond motifs is 1. The molecule has 134 valence electrons. The zero-order valence-corrected chi connectivity index (χ0v) is 15.2. The summed E-state index contributed by atoms with van der Waals surface area (Å²) in [6.07, 6.45) is 1.16. The number of benzene rings is 2. The van der Waals surface area contributed by atoms with Crippen molar-refractivity contribution in [1.29, 1.82) is 0 Å². The Kier molecular flexibility index (Phi) is 5.28. The smallest absolute Gasteiger partial charge is 0.415 e. The summed E-state index contributed by atoms with van der Waals surface area (Å²) in [5, 5.41) is 0.529. The molecule has 0 atom stereocenters. The van der Waals surface area contributed by atoms with E-state index in [4.69, 9.17) is 21.1 Å². The van der Waals surface area contributed by atoms with Crippen molar-refractivity contribution in [2.24, 2.45) is 0 Å². The van der Waals surface area contributed by atoms with Crippen LogP contribution in [-0.2, 0) is 0 Å². The maximum atomic E-state index is 12.5. The van der Waals surface area contributed by atoms with Gasteiger partial charge in [0.2, 0.25) is 5.78 Å². The van der Waals surface area contributed by atoms with E-state index in [0.29, 0.717) is 40.7 Å². The highest BCUT2D eigenvalue weighted by Gasteiger charge is 2.28. The first-order valence-electron chi connectivity index (χ1n) is 8.33. The van der Waals surface area contributed by atoms with Gasteiger partial charge in [-0.25, -0.2) is 4.79 Å². The van der Waals surface area contributed by atoms with Crippen molar-refractivity contribution < 1.29 is 19.1 Å². The van der Waals surface area contributed by atoms with E-state index in [1.165, 1.54) is 0 Å². The number of hydrogen-bond acceptors (Lipinski definition) is 4. The van der Waals surface area contributed by atoms with Crippen molar-refractivity contribution in [2.45, 2.75) is 13.8 Å². The standard InChI is InChI=1S/C20H18ClNO4/c1-3-22(4-2)20(24)25-14-9-10-15-17(12-14)26-18(19(15)23)11-13-7-5-6-8-16(13)21/h5-12H,3-4H2,1-2H3. The molecule has 2 aromatic carbocycles. The third kappa shape index (κ3) is 3.58. The van der Waals surface area contributed by atoms with Gasteiger partial charge in [-0.05, 0) is 43.7 Å². The number of allylic oxidation sites excluding steroid dienone is 1. The predicted molar refractivity (Wildman–Crippen MR) is 99.8 cm³/mol. The quantitative estimate of drug-likeness (QED) is 0.724. The second-order valence-corrected chi connectivity index (χ2v) is 6.07. The molecule has 1 amide bonds. The van der Waals surface area contributed by atoms with Gasteiger partial charge in [-0.3, -0.25) is 4.79 Å². The largest absolute Gasteiger partial charge is 0.452 e. The second-order valence-electron chi connectivity index (χ2n) is 5.66. The highest BCUT2D eigenvalue weighted by Crippen LogP contribution is 2.35. The number of rotatable bonds is 4. The third-order valence-electron chi connectivity index (χ3n) is 4.06. The van der Waals surface area contributed by atoms with E-state index in [1.54, 1.807) is 41.3 Å². The minimum absolute atomic E-state index is 0.181. The first-order chi connectivity index (χ1) is 12.5. The molecule has 1 aliphatic heterocycles. The molecule has 0 bridgehead atoms. The van der Waals surface area contributed by atoms with Crippen LogP contribution < -0.4 is 9.47 Å². The lowest BCUT2D eigenvalue weighted by Crippen LogP contribution is -2.33. The number of halogens is 1. The molecule has 0 unspecified atom stereocenters. The average Bonchev–Trinajstić information content (AvgIpc) is 2.93. The fourth-order valence-corrected chi connectivity index (χ4v) is 2.80. The number of carbonyl (C=O) groups is 2. The second kappa shape index (κ2) is 7.62. The maximum Gasteiger partial charge on any atom is 0.415 e. The van der Waals surface area contributed by atoms with Crippen molar-refractivity contribution in [3.8, 4) is 11.5 Å². The summed E-state index contributed by atoms with van der Waals surface area (Å²) in [7, 11) is 0. The molecule has 0 spiro atoms. The SMILES string of the molecule is CCN(CC)C(=O)Oc1ccc2c(c1)OC(=Cc1ccccc1Cl)C2=O. The van der Waals surface area contributed by atoms with Crippen LogP contribution in [0.2, 0.25) is 5.02 Å². The molecule has 3 rings (SSSR count). The summed E-state index contributed by atoms with van der Waals surface area (Å²) in [5.74, 6) is 0.632. The number of ether oxygens (including phenoxy) is 2. The van der Waals surface area contributed by atoms with Crippen LogP contribution in [0.25, 0.3) is 6.08 Å². The number of ketones is 1. The van der Waals surface area contributed by atoms with Gasteiger partial charge in [0, 0.05) is 24.2 Å². The Morgan fingerprint density at radius 2 is 1.92 bits per heavy atom. The molecule has 0 aromatic heterocycles. The van der Waals surface area contributed by atoms with Gasteiger partial charge in [0.1, 0.15) is 11.5 Å². The Bertz CT molecular complexity index is 887. The van der Waals surface area contributed by atoms with Crippen LogP contribution in [0.15, 0.2) is 48.2 Å². The Hall–Kier alpha value is -2.79. The van der Waals surface area contributed by atoms with Crippen LogP contribution >= 0.6 is 11.6 Å². The molecular weight excluding hydrogens is 354 g/mol. The van der Waals surface area contributed by atoms with E-state index in [1.807, 2.05) is 26.0 Å². The van der Waals surface area contributed by atoms with Gasteiger partial charge >= 0.3 is 6.09 Å². The molecule has 2 aromatic rings. The van der Waals surface area contributed by atoms with Crippen LogP contribution in [0.3, 0.4) is 0 Å². The summed E-state index contributed by atoms with van der Waals surface area (Å²) in [6, 6.07) is 11.9. The first kappa shape index (κ1) is 18.0. The summed E-state index contributed by atoms with van der Waals surface area (Å²) in [5.41, 5.74) is 1.12. The Morgan fingerprint density at radius 3 is 2.62 bits per heavy atom. The van der Waals surface area contributed by atoms with Crippen LogP contribution in [0.4, 0.5) is 4.79 Å². The van der Waals surface area contributed by atoms with Gasteiger partial charge in [0.05, 0.1) is 5.56 Å². The summed E-state index contributed by atoms with van der Waals surface area (Å²) >= 11 is 6.13. The first-order valence-corrected chi connectivity index (χ1v) is 8.70. The molecule has 0 fully saturated rings. The van der Waals surface area contributed by atoms with Crippen LogP contribution in [0.1, 0.15) is 29.8 Å². The van der Waals surface area contributed by atoms with E-state index >= 15 is 0 Å². The van der Waals surface area contributed by atoms with Gasteiger partial charge < -0.3 is 14.4 Å².